The highest BCUT2D eigenvalue weighted by atomic mass is 32.1. The van der Waals surface area contributed by atoms with E-state index in [1.165, 1.54) is 16.9 Å². The molecule has 29 heavy (non-hydrogen) atoms. The largest absolute Gasteiger partial charge is 0.462 e. The molecule has 0 aliphatic heterocycles. The molecule has 3 aromatic rings. The minimum atomic E-state index is -0.373. The third-order valence-corrected chi connectivity index (χ3v) is 5.40. The quantitative estimate of drug-likeness (QED) is 0.441. The van der Waals surface area contributed by atoms with Crippen molar-refractivity contribution in [3.05, 3.63) is 64.5 Å². The van der Waals surface area contributed by atoms with Crippen molar-refractivity contribution in [1.82, 2.24) is 4.57 Å². The summed E-state index contributed by atoms with van der Waals surface area (Å²) < 4.78 is 7.71. The molecule has 5 nitrogen and oxygen atoms in total. The second kappa shape index (κ2) is 9.85. The second-order valence-corrected chi connectivity index (χ2v) is 7.43. The van der Waals surface area contributed by atoms with Crippen molar-refractivity contribution >= 4 is 33.4 Å². The molecule has 0 unspecified atom stereocenters. The number of thiazole rings is 1. The number of carbonyl (C=O) groups is 2. The lowest BCUT2D eigenvalue weighted by Crippen LogP contribution is -2.16. The number of aromatic nitrogens is 1. The Morgan fingerprint density at radius 1 is 1.21 bits per heavy atom. The molecular weight excluding hydrogens is 384 g/mol. The van der Waals surface area contributed by atoms with Crippen LogP contribution < -0.4 is 4.80 Å². The van der Waals surface area contributed by atoms with Crippen molar-refractivity contribution < 1.29 is 14.3 Å². The van der Waals surface area contributed by atoms with Crippen LogP contribution in [-0.4, -0.2) is 23.1 Å². The molecule has 1 heterocycles. The number of rotatable bonds is 7. The van der Waals surface area contributed by atoms with E-state index in [0.717, 1.165) is 23.1 Å². The van der Waals surface area contributed by atoms with Crippen molar-refractivity contribution in [2.24, 2.45) is 4.99 Å². The predicted octanol–water partition coefficient (Wildman–Crippen LogP) is 3.96. The highest BCUT2D eigenvalue weighted by Gasteiger charge is 2.12. The van der Waals surface area contributed by atoms with Crippen molar-refractivity contribution in [2.45, 2.75) is 32.7 Å². The fourth-order valence-corrected chi connectivity index (χ4v) is 4.08. The van der Waals surface area contributed by atoms with E-state index in [9.17, 15) is 9.59 Å². The van der Waals surface area contributed by atoms with E-state index in [0.29, 0.717) is 29.9 Å². The Labute approximate surface area is 173 Å². The Kier molecular flexibility index (Phi) is 6.99. The van der Waals surface area contributed by atoms with Gasteiger partial charge in [-0.2, -0.15) is 4.99 Å². The summed E-state index contributed by atoms with van der Waals surface area (Å²) in [6.45, 7) is 2.38. The number of esters is 1. The average Bonchev–Trinajstić information content (AvgIpc) is 3.05. The third kappa shape index (κ3) is 5.21. The summed E-state index contributed by atoms with van der Waals surface area (Å²) in [5.41, 5.74) is 2.52. The Balaban J connectivity index is 1.82. The van der Waals surface area contributed by atoms with Crippen LogP contribution in [-0.2, 0) is 22.5 Å². The van der Waals surface area contributed by atoms with Gasteiger partial charge in [-0.3, -0.25) is 4.79 Å². The smallest absolute Gasteiger partial charge is 0.338 e. The zero-order valence-electron chi connectivity index (χ0n) is 16.3. The van der Waals surface area contributed by atoms with E-state index < -0.39 is 0 Å². The van der Waals surface area contributed by atoms with Gasteiger partial charge in [0, 0.05) is 6.42 Å². The van der Waals surface area contributed by atoms with E-state index in [1.54, 1.807) is 19.1 Å². The van der Waals surface area contributed by atoms with Gasteiger partial charge < -0.3 is 9.30 Å². The highest BCUT2D eigenvalue weighted by molar-refractivity contribution is 7.16. The first-order valence-electron chi connectivity index (χ1n) is 9.48. The van der Waals surface area contributed by atoms with Gasteiger partial charge in [0.05, 0.1) is 28.9 Å². The molecule has 3 rings (SSSR count). The summed E-state index contributed by atoms with van der Waals surface area (Å²) in [5.74, 6) is 2.05. The number of carbonyl (C=O) groups excluding carboxylic acids is 2. The van der Waals surface area contributed by atoms with Gasteiger partial charge in [0.15, 0.2) is 4.80 Å². The van der Waals surface area contributed by atoms with Gasteiger partial charge in [-0.05, 0) is 43.5 Å². The van der Waals surface area contributed by atoms with Gasteiger partial charge in [-0.15, -0.1) is 6.42 Å². The van der Waals surface area contributed by atoms with Gasteiger partial charge >= 0.3 is 5.97 Å². The van der Waals surface area contributed by atoms with E-state index in [2.05, 4.69) is 23.0 Å². The molecule has 0 radical (unpaired) electrons. The molecule has 148 valence electrons. The molecule has 0 spiro atoms. The van der Waals surface area contributed by atoms with E-state index >= 15 is 0 Å². The number of nitrogens with zero attached hydrogens (tertiary/aromatic N) is 2. The first kappa shape index (κ1) is 20.6. The lowest BCUT2D eigenvalue weighted by molar-refractivity contribution is -0.118. The first-order valence-corrected chi connectivity index (χ1v) is 10.3. The fourth-order valence-electron chi connectivity index (χ4n) is 3.00. The average molecular weight is 407 g/mol. The molecule has 0 fully saturated rings. The summed E-state index contributed by atoms with van der Waals surface area (Å²) in [5, 5.41) is 0. The van der Waals surface area contributed by atoms with Crippen LogP contribution >= 0.6 is 11.3 Å². The van der Waals surface area contributed by atoms with Gasteiger partial charge in [-0.1, -0.05) is 47.6 Å². The van der Waals surface area contributed by atoms with E-state index in [4.69, 9.17) is 11.2 Å². The lowest BCUT2D eigenvalue weighted by Gasteiger charge is -2.03. The maximum atomic E-state index is 12.4. The van der Waals surface area contributed by atoms with Crippen molar-refractivity contribution in [3.63, 3.8) is 0 Å². The van der Waals surface area contributed by atoms with Gasteiger partial charge in [-0.25, -0.2) is 4.79 Å². The molecular formula is C23H22N2O3S. The summed E-state index contributed by atoms with van der Waals surface area (Å²) in [7, 11) is 0. The number of benzene rings is 2. The molecule has 0 saturated carbocycles. The molecule has 0 aliphatic carbocycles. The fraction of sp³-hybridized carbons (Fsp3) is 0.261. The number of hydrogen-bond acceptors (Lipinski definition) is 4. The normalized spacial score (nSPS) is 11.4. The maximum absolute atomic E-state index is 12.4. The van der Waals surface area contributed by atoms with E-state index in [1.807, 2.05) is 28.8 Å². The van der Waals surface area contributed by atoms with Gasteiger partial charge in [0.25, 0.3) is 0 Å². The Bertz CT molecular complexity index is 1120. The van der Waals surface area contributed by atoms with Crippen molar-refractivity contribution in [2.75, 3.05) is 6.61 Å². The number of amides is 1. The predicted molar refractivity (Wildman–Crippen MR) is 115 cm³/mol. The van der Waals surface area contributed by atoms with Crippen LogP contribution in [0.25, 0.3) is 10.2 Å². The molecule has 0 atom stereocenters. The third-order valence-electron chi connectivity index (χ3n) is 4.36. The number of ether oxygens (including phenoxy) is 1. The minimum Gasteiger partial charge on any atom is -0.462 e. The lowest BCUT2D eigenvalue weighted by atomic mass is 10.1. The zero-order valence-corrected chi connectivity index (χ0v) is 17.1. The Hall–Kier alpha value is -3.17. The van der Waals surface area contributed by atoms with Crippen molar-refractivity contribution in [3.8, 4) is 12.3 Å². The maximum Gasteiger partial charge on any atom is 0.338 e. The highest BCUT2D eigenvalue weighted by Crippen LogP contribution is 2.20. The number of hydrogen-bond donors (Lipinski definition) is 0. The Morgan fingerprint density at radius 3 is 2.72 bits per heavy atom. The summed E-state index contributed by atoms with van der Waals surface area (Å²) in [6, 6.07) is 15.3. The summed E-state index contributed by atoms with van der Waals surface area (Å²) >= 11 is 1.34. The first-order chi connectivity index (χ1) is 14.1. The molecule has 1 aromatic heterocycles. The van der Waals surface area contributed by atoms with E-state index in [-0.39, 0.29) is 11.9 Å². The Morgan fingerprint density at radius 2 is 2.00 bits per heavy atom. The zero-order chi connectivity index (χ0) is 20.6. The van der Waals surface area contributed by atoms with Crippen LogP contribution in [0.4, 0.5) is 0 Å². The molecule has 6 heteroatoms. The van der Waals surface area contributed by atoms with Crippen LogP contribution in [0.3, 0.4) is 0 Å². The SMILES string of the molecule is C#CCn1c(=NC(=O)CCCc2ccccc2)sc2cc(C(=O)OCC)ccc21. The number of fused-ring (bicyclic) bond motifs is 1. The standard InChI is InChI=1S/C23H22N2O3S/c1-3-15-25-19-14-13-18(22(27)28-4-2)16-20(19)29-23(25)24-21(26)12-8-11-17-9-6-5-7-10-17/h1,5-7,9-10,13-14,16H,4,8,11-12,15H2,2H3. The van der Waals surface area contributed by atoms with Gasteiger partial charge in [0.1, 0.15) is 0 Å². The van der Waals surface area contributed by atoms with Crippen LogP contribution in [0.1, 0.15) is 35.7 Å². The van der Waals surface area contributed by atoms with Gasteiger partial charge in [0.2, 0.25) is 5.91 Å². The second-order valence-electron chi connectivity index (χ2n) is 6.42. The summed E-state index contributed by atoms with van der Waals surface area (Å²) in [4.78, 5) is 29.2. The van der Waals surface area contributed by atoms with Crippen LogP contribution in [0.15, 0.2) is 53.5 Å². The number of terminal acetylenes is 1. The molecule has 1 amide bonds. The van der Waals surface area contributed by atoms with Crippen molar-refractivity contribution in [1.29, 1.82) is 0 Å². The molecule has 0 N–H and O–H groups in total. The minimum absolute atomic E-state index is 0.177. The topological polar surface area (TPSA) is 60.7 Å². The molecule has 0 aliphatic rings. The number of aryl methyl sites for hydroxylation is 1. The van der Waals surface area contributed by atoms with Crippen LogP contribution in [0, 0.1) is 12.3 Å². The molecule has 2 aromatic carbocycles. The molecule has 0 bridgehead atoms. The summed E-state index contributed by atoms with van der Waals surface area (Å²) in [6.07, 6.45) is 7.44. The van der Waals surface area contributed by atoms with Crippen LogP contribution in [0.2, 0.25) is 0 Å². The molecule has 0 saturated heterocycles. The van der Waals surface area contributed by atoms with Crippen LogP contribution in [0.5, 0.6) is 0 Å². The monoisotopic (exact) mass is 406 g/mol.